The lowest BCUT2D eigenvalue weighted by Gasteiger charge is -2.39. The topological polar surface area (TPSA) is 44.0 Å². The van der Waals surface area contributed by atoms with E-state index in [0.717, 1.165) is 12.0 Å². The van der Waals surface area contributed by atoms with E-state index in [-0.39, 0.29) is 11.8 Å². The molecular weight excluding hydrogens is 269 g/mol. The molecule has 18 heavy (non-hydrogen) atoms. The number of aliphatic hydroxyl groups is 1. The smallest absolute Gasteiger partial charge is 0.0688 e. The molecule has 0 heterocycles. The molecule has 0 radical (unpaired) electrons. The average Bonchev–Trinajstić information content (AvgIpc) is 2.33. The molecule has 0 aliphatic heterocycles. The first-order chi connectivity index (χ1) is 8.44. The molecule has 2 rings (SSSR count). The zero-order valence-corrected chi connectivity index (χ0v) is 11.7. The fraction of sp³-hybridized carbons (Fsp3) is 0.500. The van der Waals surface area contributed by atoms with Crippen LogP contribution < -0.4 is 0 Å². The highest BCUT2D eigenvalue weighted by Crippen LogP contribution is 2.44. The molecule has 1 saturated carbocycles. The summed E-state index contributed by atoms with van der Waals surface area (Å²) in [4.78, 5) is 0. The second-order valence-electron chi connectivity index (χ2n) is 5.18. The van der Waals surface area contributed by atoms with Gasteiger partial charge in [-0.15, -0.1) is 0 Å². The third-order valence-corrected chi connectivity index (χ3v) is 4.54. The second kappa shape index (κ2) is 5.09. The van der Waals surface area contributed by atoms with Gasteiger partial charge in [0.15, 0.2) is 0 Å². The maximum absolute atomic E-state index is 10.5. The van der Waals surface area contributed by atoms with E-state index < -0.39 is 5.60 Å². The van der Waals surface area contributed by atoms with Crippen LogP contribution in [0.4, 0.5) is 0 Å². The molecule has 1 aliphatic carbocycles. The molecule has 3 unspecified atom stereocenters. The Morgan fingerprint density at radius 2 is 2.11 bits per heavy atom. The zero-order chi connectivity index (χ0) is 13.3. The van der Waals surface area contributed by atoms with Crippen molar-refractivity contribution < 1.29 is 5.11 Å². The van der Waals surface area contributed by atoms with Crippen molar-refractivity contribution in [2.24, 2.45) is 5.92 Å². The minimum Gasteiger partial charge on any atom is -0.390 e. The molecule has 0 bridgehead atoms. The van der Waals surface area contributed by atoms with Crippen molar-refractivity contribution in [2.75, 3.05) is 0 Å². The minimum absolute atomic E-state index is 0.00433. The molecule has 0 amide bonds. The van der Waals surface area contributed by atoms with Gasteiger partial charge in [-0.05, 0) is 43.9 Å². The Bertz CT molecular complexity index is 493. The summed E-state index contributed by atoms with van der Waals surface area (Å²) in [5.74, 6) is -0.0599. The predicted octanol–water partition coefficient (Wildman–Crippen LogP) is 4.15. The predicted molar refractivity (Wildman–Crippen MR) is 72.8 cm³/mol. The first-order valence-electron chi connectivity index (χ1n) is 6.01. The molecule has 1 aromatic carbocycles. The Morgan fingerprint density at radius 1 is 1.39 bits per heavy atom. The molecule has 0 aromatic heterocycles. The number of rotatable bonds is 1. The largest absolute Gasteiger partial charge is 0.390 e. The van der Waals surface area contributed by atoms with Gasteiger partial charge in [0.2, 0.25) is 0 Å². The Hall–Kier alpha value is -0.750. The van der Waals surface area contributed by atoms with Gasteiger partial charge in [0.05, 0.1) is 21.7 Å². The van der Waals surface area contributed by atoms with E-state index >= 15 is 0 Å². The quantitative estimate of drug-likeness (QED) is 0.841. The van der Waals surface area contributed by atoms with Crippen LogP contribution in [-0.2, 0) is 0 Å². The maximum atomic E-state index is 10.5. The van der Waals surface area contributed by atoms with E-state index in [1.165, 1.54) is 0 Å². The van der Waals surface area contributed by atoms with Crippen molar-refractivity contribution in [1.82, 2.24) is 0 Å². The SMILES string of the molecule is CC1(O)CCC(C#N)CC1c1ccc(Cl)c(Cl)c1. The Balaban J connectivity index is 2.33. The van der Waals surface area contributed by atoms with Crippen LogP contribution in [0, 0.1) is 17.2 Å². The van der Waals surface area contributed by atoms with E-state index in [1.807, 2.05) is 13.0 Å². The first-order valence-corrected chi connectivity index (χ1v) is 6.76. The van der Waals surface area contributed by atoms with Crippen LogP contribution in [0.15, 0.2) is 18.2 Å². The van der Waals surface area contributed by atoms with Crippen LogP contribution in [0.2, 0.25) is 10.0 Å². The number of benzene rings is 1. The third kappa shape index (κ3) is 2.64. The number of nitriles is 1. The molecule has 3 atom stereocenters. The van der Waals surface area contributed by atoms with Crippen LogP contribution >= 0.6 is 23.2 Å². The summed E-state index contributed by atoms with van der Waals surface area (Å²) in [6.45, 7) is 1.83. The highest BCUT2D eigenvalue weighted by atomic mass is 35.5. The van der Waals surface area contributed by atoms with Crippen LogP contribution in [0.25, 0.3) is 0 Å². The van der Waals surface area contributed by atoms with Gasteiger partial charge in [0.25, 0.3) is 0 Å². The van der Waals surface area contributed by atoms with Crippen molar-refractivity contribution in [3.05, 3.63) is 33.8 Å². The summed E-state index contributed by atoms with van der Waals surface area (Å²) in [6, 6.07) is 7.72. The molecule has 2 nitrogen and oxygen atoms in total. The van der Waals surface area contributed by atoms with Crippen LogP contribution in [0.1, 0.15) is 37.7 Å². The van der Waals surface area contributed by atoms with Gasteiger partial charge in [-0.25, -0.2) is 0 Å². The Morgan fingerprint density at radius 3 is 2.72 bits per heavy atom. The maximum Gasteiger partial charge on any atom is 0.0688 e. The fourth-order valence-corrected chi connectivity index (χ4v) is 2.94. The van der Waals surface area contributed by atoms with Crippen molar-refractivity contribution in [1.29, 1.82) is 5.26 Å². The van der Waals surface area contributed by atoms with Crippen molar-refractivity contribution in [3.63, 3.8) is 0 Å². The lowest BCUT2D eigenvalue weighted by molar-refractivity contribution is -0.00746. The van der Waals surface area contributed by atoms with Gasteiger partial charge in [-0.2, -0.15) is 5.26 Å². The standard InChI is InChI=1S/C14H15Cl2NO/c1-14(18)5-4-9(8-17)6-11(14)10-2-3-12(15)13(16)7-10/h2-3,7,9,11,18H,4-6H2,1H3. The van der Waals surface area contributed by atoms with Crippen LogP contribution in [0.5, 0.6) is 0 Å². The normalized spacial score (nSPS) is 31.9. The molecule has 0 saturated heterocycles. The number of hydrogen-bond donors (Lipinski definition) is 1. The highest BCUT2D eigenvalue weighted by Gasteiger charge is 2.39. The van der Waals surface area contributed by atoms with Gasteiger partial charge in [0.1, 0.15) is 0 Å². The summed E-state index contributed by atoms with van der Waals surface area (Å²) >= 11 is 11.9. The van der Waals surface area contributed by atoms with Gasteiger partial charge >= 0.3 is 0 Å². The molecular formula is C14H15Cl2NO. The summed E-state index contributed by atoms with van der Waals surface area (Å²) in [6.07, 6.45) is 2.05. The van der Waals surface area contributed by atoms with Crippen LogP contribution in [0.3, 0.4) is 0 Å². The summed E-state index contributed by atoms with van der Waals surface area (Å²) in [5.41, 5.74) is 0.166. The molecule has 1 aliphatic rings. The van der Waals surface area contributed by atoms with E-state index in [9.17, 15) is 5.11 Å². The van der Waals surface area contributed by atoms with Gasteiger partial charge < -0.3 is 5.11 Å². The number of halogens is 2. The monoisotopic (exact) mass is 283 g/mol. The fourth-order valence-electron chi connectivity index (χ4n) is 2.64. The van der Waals surface area contributed by atoms with E-state index in [0.29, 0.717) is 22.9 Å². The number of hydrogen-bond acceptors (Lipinski definition) is 2. The third-order valence-electron chi connectivity index (χ3n) is 3.80. The van der Waals surface area contributed by atoms with Crippen molar-refractivity contribution >= 4 is 23.2 Å². The highest BCUT2D eigenvalue weighted by molar-refractivity contribution is 6.42. The Kier molecular flexibility index (Phi) is 3.87. The van der Waals surface area contributed by atoms with E-state index in [1.54, 1.807) is 12.1 Å². The van der Waals surface area contributed by atoms with Gasteiger partial charge in [-0.3, -0.25) is 0 Å². The minimum atomic E-state index is -0.787. The molecule has 1 fully saturated rings. The van der Waals surface area contributed by atoms with Gasteiger partial charge in [0, 0.05) is 11.8 Å². The first kappa shape index (κ1) is 13.7. The second-order valence-corrected chi connectivity index (χ2v) is 6.00. The van der Waals surface area contributed by atoms with Crippen LogP contribution in [-0.4, -0.2) is 10.7 Å². The molecule has 0 spiro atoms. The molecule has 1 aromatic rings. The summed E-state index contributed by atoms with van der Waals surface area (Å²) in [5, 5.41) is 20.5. The molecule has 1 N–H and O–H groups in total. The van der Waals surface area contributed by atoms with E-state index in [4.69, 9.17) is 28.5 Å². The molecule has 4 heteroatoms. The van der Waals surface area contributed by atoms with Crippen molar-refractivity contribution in [3.8, 4) is 6.07 Å². The number of nitrogens with zero attached hydrogens (tertiary/aromatic N) is 1. The van der Waals surface area contributed by atoms with Gasteiger partial charge in [-0.1, -0.05) is 29.3 Å². The zero-order valence-electron chi connectivity index (χ0n) is 10.2. The Labute approximate surface area is 117 Å². The molecule has 96 valence electrons. The van der Waals surface area contributed by atoms with E-state index in [2.05, 4.69) is 6.07 Å². The lowest BCUT2D eigenvalue weighted by atomic mass is 9.69. The lowest BCUT2D eigenvalue weighted by Crippen LogP contribution is -2.38. The summed E-state index contributed by atoms with van der Waals surface area (Å²) < 4.78 is 0. The summed E-state index contributed by atoms with van der Waals surface area (Å²) in [7, 11) is 0. The van der Waals surface area contributed by atoms with Crippen molar-refractivity contribution in [2.45, 2.75) is 37.7 Å². The average molecular weight is 284 g/mol.